The van der Waals surface area contributed by atoms with Gasteiger partial charge in [-0.25, -0.2) is 8.42 Å². The number of Topliss-reactive ketones (excluding diaryl/α,β-unsaturated/α-hetero) is 1. The third-order valence-electron chi connectivity index (χ3n) is 5.05. The van der Waals surface area contributed by atoms with Crippen molar-refractivity contribution in [2.45, 2.75) is 57.3 Å². The van der Waals surface area contributed by atoms with Gasteiger partial charge in [-0.3, -0.25) is 9.59 Å². The molecule has 1 aromatic carbocycles. The number of hydrogen-bond acceptors (Lipinski definition) is 4. The minimum atomic E-state index is -3.59. The Labute approximate surface area is 162 Å². The summed E-state index contributed by atoms with van der Waals surface area (Å²) in [6.07, 6.45) is 5.52. The highest BCUT2D eigenvalue weighted by atomic mass is 32.2. The van der Waals surface area contributed by atoms with Gasteiger partial charge in [0.05, 0.1) is 4.90 Å². The van der Waals surface area contributed by atoms with Crippen LogP contribution in [0.15, 0.2) is 29.2 Å². The van der Waals surface area contributed by atoms with E-state index in [4.69, 9.17) is 0 Å². The van der Waals surface area contributed by atoms with Crippen molar-refractivity contribution in [2.75, 3.05) is 19.6 Å². The molecule has 6 nitrogen and oxygen atoms in total. The maximum Gasteiger partial charge on any atom is 0.243 e. The van der Waals surface area contributed by atoms with E-state index in [0.717, 1.165) is 12.8 Å². The van der Waals surface area contributed by atoms with Gasteiger partial charge in [0.2, 0.25) is 15.9 Å². The quantitative estimate of drug-likeness (QED) is 0.515. The minimum Gasteiger partial charge on any atom is -0.356 e. The third-order valence-corrected chi connectivity index (χ3v) is 6.97. The van der Waals surface area contributed by atoms with Gasteiger partial charge < -0.3 is 5.32 Å². The zero-order chi connectivity index (χ0) is 19.9. The molecule has 0 aliphatic carbocycles. The summed E-state index contributed by atoms with van der Waals surface area (Å²) in [5.74, 6) is -0.183. The van der Waals surface area contributed by atoms with E-state index in [1.54, 1.807) is 0 Å². The monoisotopic (exact) mass is 394 g/mol. The first-order chi connectivity index (χ1) is 12.9. The van der Waals surface area contributed by atoms with E-state index in [0.29, 0.717) is 38.0 Å². The van der Waals surface area contributed by atoms with Crippen molar-refractivity contribution < 1.29 is 18.0 Å². The van der Waals surface area contributed by atoms with Gasteiger partial charge in [-0.1, -0.05) is 38.3 Å². The number of nitrogens with zero attached hydrogens (tertiary/aromatic N) is 1. The maximum atomic E-state index is 12.8. The summed E-state index contributed by atoms with van der Waals surface area (Å²) in [6, 6.07) is 6.02. The molecule has 1 amide bonds. The third kappa shape index (κ3) is 5.87. The fourth-order valence-corrected chi connectivity index (χ4v) is 4.75. The smallest absolute Gasteiger partial charge is 0.243 e. The highest BCUT2D eigenvalue weighted by Gasteiger charge is 2.31. The highest BCUT2D eigenvalue weighted by molar-refractivity contribution is 7.89. The van der Waals surface area contributed by atoms with Gasteiger partial charge >= 0.3 is 0 Å². The van der Waals surface area contributed by atoms with Crippen LogP contribution in [0.3, 0.4) is 0 Å². The molecule has 27 heavy (non-hydrogen) atoms. The Bertz CT molecular complexity index is 736. The SMILES string of the molecule is CCCCCCNC(=O)C1CCN(S(=O)(=O)c2ccc(C(C)=O)cc2)CC1. The van der Waals surface area contributed by atoms with Crippen molar-refractivity contribution >= 4 is 21.7 Å². The Kier molecular flexibility index (Phi) is 7.98. The number of amides is 1. The fourth-order valence-electron chi connectivity index (χ4n) is 3.28. The van der Waals surface area contributed by atoms with Crippen LogP contribution in [-0.2, 0) is 14.8 Å². The molecule has 1 aliphatic heterocycles. The molecule has 0 radical (unpaired) electrons. The van der Waals surface area contributed by atoms with E-state index in [1.165, 1.54) is 48.3 Å². The van der Waals surface area contributed by atoms with Crippen LogP contribution >= 0.6 is 0 Å². The van der Waals surface area contributed by atoms with Gasteiger partial charge in [0.25, 0.3) is 0 Å². The Hall–Kier alpha value is -1.73. The molecule has 0 aromatic heterocycles. The van der Waals surface area contributed by atoms with Crippen LogP contribution in [0.5, 0.6) is 0 Å². The Balaban J connectivity index is 1.86. The molecular weight excluding hydrogens is 364 g/mol. The van der Waals surface area contributed by atoms with Crippen LogP contribution in [0.1, 0.15) is 62.7 Å². The number of nitrogens with one attached hydrogen (secondary N) is 1. The number of rotatable bonds is 9. The lowest BCUT2D eigenvalue weighted by Gasteiger charge is -2.30. The highest BCUT2D eigenvalue weighted by Crippen LogP contribution is 2.24. The van der Waals surface area contributed by atoms with Crippen molar-refractivity contribution in [2.24, 2.45) is 5.92 Å². The van der Waals surface area contributed by atoms with Crippen LogP contribution in [0.2, 0.25) is 0 Å². The molecule has 0 atom stereocenters. The fraction of sp³-hybridized carbons (Fsp3) is 0.600. The minimum absolute atomic E-state index is 0.0364. The molecule has 0 saturated carbocycles. The molecule has 1 aromatic rings. The number of ketones is 1. The Morgan fingerprint density at radius 1 is 1.07 bits per heavy atom. The molecule has 1 heterocycles. The molecular formula is C20H30N2O4S. The molecule has 150 valence electrons. The topological polar surface area (TPSA) is 83.6 Å². The van der Waals surface area contributed by atoms with Gasteiger partial charge in [-0.05, 0) is 38.3 Å². The van der Waals surface area contributed by atoms with Crippen LogP contribution in [0.4, 0.5) is 0 Å². The first-order valence-corrected chi connectivity index (χ1v) is 11.2. The number of piperidine rings is 1. The predicted molar refractivity (Wildman–Crippen MR) is 105 cm³/mol. The van der Waals surface area contributed by atoms with Crippen LogP contribution < -0.4 is 5.32 Å². The lowest BCUT2D eigenvalue weighted by Crippen LogP contribution is -2.43. The lowest BCUT2D eigenvalue weighted by molar-refractivity contribution is -0.126. The summed E-state index contributed by atoms with van der Waals surface area (Å²) in [6.45, 7) is 4.97. The van der Waals surface area contributed by atoms with Crippen molar-refractivity contribution in [3.63, 3.8) is 0 Å². The zero-order valence-electron chi connectivity index (χ0n) is 16.2. The number of sulfonamides is 1. The van der Waals surface area contributed by atoms with E-state index < -0.39 is 10.0 Å². The number of carbonyl (C=O) groups is 2. The predicted octanol–water partition coefficient (Wildman–Crippen LogP) is 2.99. The zero-order valence-corrected chi connectivity index (χ0v) is 17.1. The van der Waals surface area contributed by atoms with Crippen LogP contribution in [0, 0.1) is 5.92 Å². The molecule has 1 aliphatic rings. The van der Waals surface area contributed by atoms with Crippen LogP contribution in [0.25, 0.3) is 0 Å². The number of carbonyl (C=O) groups excluding carboxylic acids is 2. The summed E-state index contributed by atoms with van der Waals surface area (Å²) >= 11 is 0. The van der Waals surface area contributed by atoms with Crippen molar-refractivity contribution in [3.8, 4) is 0 Å². The van der Waals surface area contributed by atoms with E-state index in [1.807, 2.05) is 0 Å². The average molecular weight is 395 g/mol. The Morgan fingerprint density at radius 3 is 2.26 bits per heavy atom. The lowest BCUT2D eigenvalue weighted by atomic mass is 9.97. The molecule has 0 spiro atoms. The van der Waals surface area contributed by atoms with Crippen molar-refractivity contribution in [1.82, 2.24) is 9.62 Å². The number of hydrogen-bond donors (Lipinski definition) is 1. The summed E-state index contributed by atoms with van der Waals surface area (Å²) in [4.78, 5) is 23.8. The maximum absolute atomic E-state index is 12.8. The standard InChI is InChI=1S/C20H30N2O4S/c1-3-4-5-6-13-21-20(24)18-11-14-22(15-12-18)27(25,26)19-9-7-17(8-10-19)16(2)23/h7-10,18H,3-6,11-15H2,1-2H3,(H,21,24). The first-order valence-electron chi connectivity index (χ1n) is 9.75. The average Bonchev–Trinajstić information content (AvgIpc) is 2.67. The van der Waals surface area contributed by atoms with E-state index in [2.05, 4.69) is 12.2 Å². The number of unbranched alkanes of at least 4 members (excludes halogenated alkanes) is 3. The van der Waals surface area contributed by atoms with Crippen LogP contribution in [-0.4, -0.2) is 44.0 Å². The second kappa shape index (κ2) is 9.99. The summed E-state index contributed by atoms with van der Waals surface area (Å²) in [5.41, 5.74) is 0.489. The largest absolute Gasteiger partial charge is 0.356 e. The van der Waals surface area contributed by atoms with Gasteiger partial charge in [-0.2, -0.15) is 4.31 Å². The molecule has 1 N–H and O–H groups in total. The molecule has 2 rings (SSSR count). The number of benzene rings is 1. The molecule has 1 fully saturated rings. The molecule has 0 unspecified atom stereocenters. The van der Waals surface area contributed by atoms with E-state index in [-0.39, 0.29) is 22.5 Å². The molecule has 0 bridgehead atoms. The van der Waals surface area contributed by atoms with Crippen molar-refractivity contribution in [3.05, 3.63) is 29.8 Å². The van der Waals surface area contributed by atoms with Gasteiger partial charge in [-0.15, -0.1) is 0 Å². The van der Waals surface area contributed by atoms with Crippen molar-refractivity contribution in [1.29, 1.82) is 0 Å². The van der Waals surface area contributed by atoms with Gasteiger partial charge in [0.15, 0.2) is 5.78 Å². The van der Waals surface area contributed by atoms with E-state index >= 15 is 0 Å². The Morgan fingerprint density at radius 2 is 1.70 bits per heavy atom. The second-order valence-corrected chi connectivity index (χ2v) is 9.05. The van der Waals surface area contributed by atoms with Gasteiger partial charge in [0.1, 0.15) is 0 Å². The molecule has 1 saturated heterocycles. The van der Waals surface area contributed by atoms with Gasteiger partial charge in [0, 0.05) is 31.1 Å². The normalized spacial score (nSPS) is 16.2. The summed E-state index contributed by atoms with van der Waals surface area (Å²) < 4.78 is 26.9. The summed E-state index contributed by atoms with van der Waals surface area (Å²) in [5, 5.41) is 2.97. The first kappa shape index (κ1) is 21.6. The van der Waals surface area contributed by atoms with E-state index in [9.17, 15) is 18.0 Å². The second-order valence-electron chi connectivity index (χ2n) is 7.11. The molecule has 7 heteroatoms. The summed E-state index contributed by atoms with van der Waals surface area (Å²) in [7, 11) is -3.59.